The SMILES string of the molecule is C=CCC(CC)CC.C=CCC(CC)C[O-].CC(=O)[C@H](NC(=O)c1ccccc1)C(C)C. The summed E-state index contributed by atoms with van der Waals surface area (Å²) in [6.45, 7) is 19.1. The number of ketones is 1. The summed E-state index contributed by atoms with van der Waals surface area (Å²) in [6, 6.07) is 8.49. The minimum Gasteiger partial charge on any atom is -0.854 e. The Morgan fingerprint density at radius 1 is 0.938 bits per heavy atom. The molecule has 0 aliphatic heterocycles. The monoisotopic (exact) mass is 444 g/mol. The average molecular weight is 445 g/mol. The molecule has 1 aromatic carbocycles. The normalized spacial score (nSPS) is 11.9. The van der Waals surface area contributed by atoms with Crippen molar-refractivity contribution in [2.45, 2.75) is 79.7 Å². The lowest BCUT2D eigenvalue weighted by atomic mass is 10.00. The topological polar surface area (TPSA) is 69.2 Å². The highest BCUT2D eigenvalue weighted by atomic mass is 16.3. The fourth-order valence-corrected chi connectivity index (χ4v) is 3.00. The highest BCUT2D eigenvalue weighted by Crippen LogP contribution is 2.11. The van der Waals surface area contributed by atoms with Gasteiger partial charge in [-0.25, -0.2) is 0 Å². The van der Waals surface area contributed by atoms with Gasteiger partial charge in [-0.15, -0.1) is 19.8 Å². The molecule has 0 spiro atoms. The summed E-state index contributed by atoms with van der Waals surface area (Å²) in [5.74, 6) is 1.10. The second kappa shape index (κ2) is 20.7. The van der Waals surface area contributed by atoms with Crippen molar-refractivity contribution in [3.63, 3.8) is 0 Å². The first-order valence-electron chi connectivity index (χ1n) is 11.9. The fraction of sp³-hybridized carbons (Fsp3) is 0.571. The Morgan fingerprint density at radius 3 is 1.69 bits per heavy atom. The number of hydrogen-bond acceptors (Lipinski definition) is 3. The largest absolute Gasteiger partial charge is 0.854 e. The zero-order chi connectivity index (χ0) is 24.9. The molecule has 4 heteroatoms. The number of rotatable bonds is 12. The molecule has 1 rings (SSSR count). The standard InChI is InChI=1S/C13H17NO2.C8H16.C7H13O/c1-9(2)12(10(3)15)14-13(16)11-7-5-4-6-8-11;1-4-7-8(5-2)6-3;1-3-5-7(4-2)6-8/h4-9,12H,1-3H3,(H,14,16);4,8H,1,5-7H2,2-3H3;3,7H,1,4-6H2,2H3/q;;-1/t12-;;/m1../s1. The molecule has 0 bridgehead atoms. The number of carbonyl (C=O) groups is 2. The second-order valence-electron chi connectivity index (χ2n) is 8.34. The van der Waals surface area contributed by atoms with Crippen molar-refractivity contribution in [2.75, 3.05) is 6.61 Å². The van der Waals surface area contributed by atoms with Crippen LogP contribution < -0.4 is 10.4 Å². The molecule has 0 fully saturated rings. The van der Waals surface area contributed by atoms with Gasteiger partial charge in [0.05, 0.1) is 6.04 Å². The first-order valence-corrected chi connectivity index (χ1v) is 11.9. The van der Waals surface area contributed by atoms with Gasteiger partial charge in [-0.3, -0.25) is 9.59 Å². The van der Waals surface area contributed by atoms with Crippen LogP contribution in [0.1, 0.15) is 84.0 Å². The zero-order valence-electron chi connectivity index (χ0n) is 21.2. The predicted octanol–water partition coefficient (Wildman–Crippen LogP) is 5.98. The highest BCUT2D eigenvalue weighted by molar-refractivity contribution is 5.97. The molecular formula is C28H46NO3-. The van der Waals surface area contributed by atoms with E-state index in [0.717, 1.165) is 18.8 Å². The van der Waals surface area contributed by atoms with E-state index in [-0.39, 0.29) is 24.2 Å². The van der Waals surface area contributed by atoms with E-state index in [9.17, 15) is 14.7 Å². The Labute approximate surface area is 197 Å². The van der Waals surface area contributed by atoms with Gasteiger partial charge in [-0.05, 0) is 43.7 Å². The van der Waals surface area contributed by atoms with E-state index in [1.165, 1.54) is 26.2 Å². The van der Waals surface area contributed by atoms with Crippen LogP contribution >= 0.6 is 0 Å². The Morgan fingerprint density at radius 2 is 1.41 bits per heavy atom. The van der Waals surface area contributed by atoms with Crippen molar-refractivity contribution < 1.29 is 14.7 Å². The van der Waals surface area contributed by atoms with Crippen molar-refractivity contribution >= 4 is 11.7 Å². The third-order valence-electron chi connectivity index (χ3n) is 5.39. The van der Waals surface area contributed by atoms with Gasteiger partial charge in [0.1, 0.15) is 0 Å². The molecule has 1 aromatic rings. The van der Waals surface area contributed by atoms with Crippen LogP contribution in [-0.4, -0.2) is 24.3 Å². The minimum absolute atomic E-state index is 0.0146. The predicted molar refractivity (Wildman–Crippen MR) is 136 cm³/mol. The molecule has 0 aliphatic carbocycles. The Kier molecular flexibility index (Phi) is 20.7. The van der Waals surface area contributed by atoms with E-state index < -0.39 is 6.04 Å². The van der Waals surface area contributed by atoms with Gasteiger partial charge in [0, 0.05) is 5.56 Å². The Bertz CT molecular complexity index is 599. The molecule has 4 nitrogen and oxygen atoms in total. The molecule has 0 radical (unpaired) electrons. The van der Waals surface area contributed by atoms with Crippen LogP contribution in [0.25, 0.3) is 0 Å². The van der Waals surface area contributed by atoms with Gasteiger partial charge in [-0.2, -0.15) is 0 Å². The molecule has 0 saturated carbocycles. The number of carbonyl (C=O) groups excluding carboxylic acids is 2. The summed E-state index contributed by atoms with van der Waals surface area (Å²) in [4.78, 5) is 23.1. The number of hydrogen-bond donors (Lipinski definition) is 1. The molecule has 0 aliphatic rings. The maximum atomic E-state index is 11.8. The Balaban J connectivity index is 0. The number of allylic oxidation sites excluding steroid dienone is 2. The summed E-state index contributed by atoms with van der Waals surface area (Å²) >= 11 is 0. The van der Waals surface area contributed by atoms with Crippen LogP contribution in [0.5, 0.6) is 0 Å². The number of Topliss-reactive ketones (excluding diaryl/α,β-unsaturated/α-hetero) is 1. The van der Waals surface area contributed by atoms with E-state index in [0.29, 0.717) is 11.5 Å². The van der Waals surface area contributed by atoms with Crippen molar-refractivity contribution in [1.82, 2.24) is 5.32 Å². The summed E-state index contributed by atoms with van der Waals surface area (Å²) in [5.41, 5.74) is 0.578. The molecule has 32 heavy (non-hydrogen) atoms. The van der Waals surface area contributed by atoms with Gasteiger partial charge in [0.15, 0.2) is 5.78 Å². The summed E-state index contributed by atoms with van der Waals surface area (Å²) in [6.07, 6.45) is 9.46. The summed E-state index contributed by atoms with van der Waals surface area (Å²) < 4.78 is 0. The van der Waals surface area contributed by atoms with Crippen molar-refractivity contribution in [3.8, 4) is 0 Å². The van der Waals surface area contributed by atoms with Gasteiger partial charge in [0.25, 0.3) is 5.91 Å². The van der Waals surface area contributed by atoms with Crippen LogP contribution in [0.2, 0.25) is 0 Å². The molecule has 1 unspecified atom stereocenters. The highest BCUT2D eigenvalue weighted by Gasteiger charge is 2.20. The minimum atomic E-state index is -0.410. The van der Waals surface area contributed by atoms with E-state index in [1.54, 1.807) is 24.3 Å². The molecule has 0 saturated heterocycles. The maximum absolute atomic E-state index is 11.8. The van der Waals surface area contributed by atoms with Crippen molar-refractivity contribution in [2.24, 2.45) is 17.8 Å². The third kappa shape index (κ3) is 15.6. The van der Waals surface area contributed by atoms with Crippen LogP contribution in [0.4, 0.5) is 0 Å². The van der Waals surface area contributed by atoms with Gasteiger partial charge in [0.2, 0.25) is 0 Å². The number of nitrogens with one attached hydrogen (secondary N) is 1. The molecule has 0 aromatic heterocycles. The van der Waals surface area contributed by atoms with E-state index >= 15 is 0 Å². The van der Waals surface area contributed by atoms with Gasteiger partial charge < -0.3 is 10.4 Å². The molecule has 0 heterocycles. The van der Waals surface area contributed by atoms with Crippen LogP contribution in [-0.2, 0) is 4.79 Å². The average Bonchev–Trinajstić information content (AvgIpc) is 2.80. The number of amides is 1. The van der Waals surface area contributed by atoms with Crippen LogP contribution in [0.3, 0.4) is 0 Å². The van der Waals surface area contributed by atoms with E-state index in [4.69, 9.17) is 0 Å². The van der Waals surface area contributed by atoms with E-state index in [2.05, 4.69) is 32.3 Å². The number of benzene rings is 1. The quantitative estimate of drug-likeness (QED) is 0.403. The molecule has 1 amide bonds. The van der Waals surface area contributed by atoms with Gasteiger partial charge >= 0.3 is 0 Å². The zero-order valence-corrected chi connectivity index (χ0v) is 21.2. The van der Waals surface area contributed by atoms with Gasteiger partial charge in [-0.1, -0.05) is 90.2 Å². The molecule has 182 valence electrons. The van der Waals surface area contributed by atoms with Crippen LogP contribution in [0.15, 0.2) is 55.6 Å². The van der Waals surface area contributed by atoms with Crippen molar-refractivity contribution in [1.29, 1.82) is 0 Å². The Hall–Kier alpha value is -2.20. The van der Waals surface area contributed by atoms with Crippen LogP contribution in [0, 0.1) is 17.8 Å². The second-order valence-corrected chi connectivity index (χ2v) is 8.34. The molecular weight excluding hydrogens is 398 g/mol. The fourth-order valence-electron chi connectivity index (χ4n) is 3.00. The van der Waals surface area contributed by atoms with E-state index in [1.807, 2.05) is 39.0 Å². The molecule has 2 atom stereocenters. The first-order chi connectivity index (χ1) is 15.2. The first kappa shape index (κ1) is 32.0. The smallest absolute Gasteiger partial charge is 0.251 e. The maximum Gasteiger partial charge on any atom is 0.251 e. The van der Waals surface area contributed by atoms with Crippen molar-refractivity contribution in [3.05, 3.63) is 61.2 Å². The third-order valence-corrected chi connectivity index (χ3v) is 5.39. The summed E-state index contributed by atoms with van der Waals surface area (Å²) in [7, 11) is 0. The lowest BCUT2D eigenvalue weighted by Gasteiger charge is -2.19. The summed E-state index contributed by atoms with van der Waals surface area (Å²) in [5, 5.41) is 12.9. The lowest BCUT2D eigenvalue weighted by molar-refractivity contribution is -0.379. The lowest BCUT2D eigenvalue weighted by Crippen LogP contribution is -2.43. The molecule has 1 N–H and O–H groups in total.